The lowest BCUT2D eigenvalue weighted by Gasteiger charge is -2.07. The van der Waals surface area contributed by atoms with Crippen LogP contribution in [0.25, 0.3) is 11.1 Å². The number of nitrogens with zero attached hydrogens (tertiary/aromatic N) is 1. The molecule has 5 heteroatoms. The molecular formula is C12H14N2O3. The van der Waals surface area contributed by atoms with Crippen molar-refractivity contribution in [2.45, 2.75) is 13.5 Å². The van der Waals surface area contributed by atoms with Gasteiger partial charge in [-0.25, -0.2) is 4.98 Å². The van der Waals surface area contributed by atoms with E-state index in [1.807, 2.05) is 18.2 Å². The topological polar surface area (TPSA) is 75.4 Å². The number of carboxylic acids is 1. The first kappa shape index (κ1) is 11.6. The van der Waals surface area contributed by atoms with Crippen LogP contribution in [0.1, 0.15) is 12.5 Å². The molecule has 2 N–H and O–H groups in total. The summed E-state index contributed by atoms with van der Waals surface area (Å²) in [6.07, 6.45) is 1.41. The van der Waals surface area contributed by atoms with Crippen molar-refractivity contribution in [2.24, 2.45) is 5.92 Å². The van der Waals surface area contributed by atoms with Crippen molar-refractivity contribution in [3.8, 4) is 0 Å². The Morgan fingerprint density at radius 1 is 1.59 bits per heavy atom. The van der Waals surface area contributed by atoms with Gasteiger partial charge in [-0.05, 0) is 17.7 Å². The highest BCUT2D eigenvalue weighted by atomic mass is 16.4. The molecule has 1 atom stereocenters. The lowest BCUT2D eigenvalue weighted by molar-refractivity contribution is -0.140. The first-order chi connectivity index (χ1) is 8.16. The van der Waals surface area contributed by atoms with E-state index in [4.69, 9.17) is 9.52 Å². The maximum atomic E-state index is 10.6. The number of benzene rings is 1. The van der Waals surface area contributed by atoms with E-state index in [2.05, 4.69) is 10.3 Å². The van der Waals surface area contributed by atoms with Crippen LogP contribution in [0.5, 0.6) is 0 Å². The number of rotatable bonds is 5. The first-order valence-corrected chi connectivity index (χ1v) is 5.42. The minimum atomic E-state index is -0.789. The lowest BCUT2D eigenvalue weighted by Crippen LogP contribution is -2.25. The molecule has 1 aromatic carbocycles. The van der Waals surface area contributed by atoms with Gasteiger partial charge in [-0.15, -0.1) is 0 Å². The number of hydrogen-bond acceptors (Lipinski definition) is 4. The smallest absolute Gasteiger partial charge is 0.307 e. The van der Waals surface area contributed by atoms with E-state index in [1.165, 1.54) is 6.39 Å². The van der Waals surface area contributed by atoms with Gasteiger partial charge in [0.25, 0.3) is 0 Å². The van der Waals surface area contributed by atoms with Crippen LogP contribution in [0, 0.1) is 5.92 Å². The Hall–Kier alpha value is -1.88. The van der Waals surface area contributed by atoms with Crippen LogP contribution in [0.15, 0.2) is 29.0 Å². The molecular weight excluding hydrogens is 220 g/mol. The van der Waals surface area contributed by atoms with Gasteiger partial charge in [-0.2, -0.15) is 0 Å². The van der Waals surface area contributed by atoms with Crippen molar-refractivity contribution in [3.63, 3.8) is 0 Å². The third-order valence-electron chi connectivity index (χ3n) is 2.60. The molecule has 2 rings (SSSR count). The quantitative estimate of drug-likeness (QED) is 0.822. The van der Waals surface area contributed by atoms with Gasteiger partial charge in [0.15, 0.2) is 12.0 Å². The molecule has 0 bridgehead atoms. The van der Waals surface area contributed by atoms with E-state index in [9.17, 15) is 4.79 Å². The summed E-state index contributed by atoms with van der Waals surface area (Å²) in [5.41, 5.74) is 2.62. The summed E-state index contributed by atoms with van der Waals surface area (Å²) in [5.74, 6) is -1.17. The van der Waals surface area contributed by atoms with Crippen molar-refractivity contribution >= 4 is 17.1 Å². The SMILES string of the molecule is CC(CNCc1ccc2ncoc2c1)C(=O)O. The van der Waals surface area contributed by atoms with E-state index in [0.717, 1.165) is 16.7 Å². The Bertz CT molecular complexity index is 521. The second-order valence-electron chi connectivity index (χ2n) is 4.02. The summed E-state index contributed by atoms with van der Waals surface area (Å²) < 4.78 is 5.19. The second-order valence-corrected chi connectivity index (χ2v) is 4.02. The van der Waals surface area contributed by atoms with Crippen LogP contribution >= 0.6 is 0 Å². The molecule has 1 aromatic heterocycles. The van der Waals surface area contributed by atoms with E-state index < -0.39 is 5.97 Å². The predicted octanol–water partition coefficient (Wildman–Crippen LogP) is 1.64. The molecule has 5 nitrogen and oxygen atoms in total. The Morgan fingerprint density at radius 2 is 2.41 bits per heavy atom. The molecule has 90 valence electrons. The number of aromatic nitrogens is 1. The number of fused-ring (bicyclic) bond motifs is 1. The fourth-order valence-electron chi connectivity index (χ4n) is 1.53. The third kappa shape index (κ3) is 2.82. The summed E-state index contributed by atoms with van der Waals surface area (Å²) in [7, 11) is 0. The highest BCUT2D eigenvalue weighted by molar-refractivity contribution is 5.72. The van der Waals surface area contributed by atoms with Crippen molar-refractivity contribution in [3.05, 3.63) is 30.2 Å². The molecule has 0 saturated carbocycles. The van der Waals surface area contributed by atoms with E-state index in [1.54, 1.807) is 6.92 Å². The highest BCUT2D eigenvalue weighted by Gasteiger charge is 2.09. The van der Waals surface area contributed by atoms with Gasteiger partial charge in [0.05, 0.1) is 5.92 Å². The molecule has 0 saturated heterocycles. The van der Waals surface area contributed by atoms with Crippen LogP contribution in [-0.4, -0.2) is 22.6 Å². The van der Waals surface area contributed by atoms with E-state index in [0.29, 0.717) is 13.1 Å². The average Bonchev–Trinajstić information content (AvgIpc) is 2.75. The standard InChI is InChI=1S/C12H14N2O3/c1-8(12(15)16)5-13-6-9-2-3-10-11(4-9)17-7-14-10/h2-4,7-8,13H,5-6H2,1H3,(H,15,16). The number of aliphatic carboxylic acids is 1. The predicted molar refractivity (Wildman–Crippen MR) is 62.5 cm³/mol. The zero-order chi connectivity index (χ0) is 12.3. The fraction of sp³-hybridized carbons (Fsp3) is 0.333. The Morgan fingerprint density at radius 3 is 3.18 bits per heavy atom. The van der Waals surface area contributed by atoms with Crippen molar-refractivity contribution in [1.29, 1.82) is 0 Å². The molecule has 0 aliphatic carbocycles. The monoisotopic (exact) mass is 234 g/mol. The summed E-state index contributed by atoms with van der Waals surface area (Å²) in [6, 6.07) is 5.74. The van der Waals surface area contributed by atoms with Gasteiger partial charge < -0.3 is 14.8 Å². The Kier molecular flexibility index (Phi) is 3.39. The van der Waals surface area contributed by atoms with Crippen LogP contribution in [0.3, 0.4) is 0 Å². The molecule has 0 fully saturated rings. The largest absolute Gasteiger partial charge is 0.481 e. The molecule has 2 aromatic rings. The summed E-state index contributed by atoms with van der Waals surface area (Å²) in [4.78, 5) is 14.6. The highest BCUT2D eigenvalue weighted by Crippen LogP contribution is 2.14. The van der Waals surface area contributed by atoms with Gasteiger partial charge in [-0.1, -0.05) is 13.0 Å². The Balaban J connectivity index is 1.92. The van der Waals surface area contributed by atoms with Crippen molar-refractivity contribution in [1.82, 2.24) is 10.3 Å². The Labute approximate surface area is 98.5 Å². The minimum absolute atomic E-state index is 0.385. The van der Waals surface area contributed by atoms with E-state index >= 15 is 0 Å². The summed E-state index contributed by atoms with van der Waals surface area (Å²) in [5, 5.41) is 11.8. The molecule has 1 heterocycles. The maximum absolute atomic E-state index is 10.6. The number of hydrogen-bond donors (Lipinski definition) is 2. The number of oxazole rings is 1. The average molecular weight is 234 g/mol. The summed E-state index contributed by atoms with van der Waals surface area (Å²) in [6.45, 7) is 2.74. The molecule has 0 aliphatic heterocycles. The minimum Gasteiger partial charge on any atom is -0.481 e. The lowest BCUT2D eigenvalue weighted by atomic mass is 10.1. The van der Waals surface area contributed by atoms with Crippen LogP contribution < -0.4 is 5.32 Å². The molecule has 0 radical (unpaired) electrons. The van der Waals surface area contributed by atoms with Gasteiger partial charge in [0.1, 0.15) is 5.52 Å². The first-order valence-electron chi connectivity index (χ1n) is 5.42. The number of carboxylic acid groups (broad SMARTS) is 1. The molecule has 0 amide bonds. The van der Waals surface area contributed by atoms with Gasteiger partial charge in [0, 0.05) is 13.1 Å². The van der Waals surface area contributed by atoms with Gasteiger partial charge in [-0.3, -0.25) is 4.79 Å². The van der Waals surface area contributed by atoms with Crippen molar-refractivity contribution in [2.75, 3.05) is 6.54 Å². The van der Waals surface area contributed by atoms with Crippen molar-refractivity contribution < 1.29 is 14.3 Å². The fourth-order valence-corrected chi connectivity index (χ4v) is 1.53. The second kappa shape index (κ2) is 4.97. The van der Waals surface area contributed by atoms with E-state index in [-0.39, 0.29) is 5.92 Å². The maximum Gasteiger partial charge on any atom is 0.307 e. The van der Waals surface area contributed by atoms with Gasteiger partial charge >= 0.3 is 5.97 Å². The third-order valence-corrected chi connectivity index (χ3v) is 2.60. The van der Waals surface area contributed by atoms with Crippen LogP contribution in [-0.2, 0) is 11.3 Å². The number of carbonyl (C=O) groups is 1. The molecule has 0 aliphatic rings. The molecule has 0 spiro atoms. The zero-order valence-electron chi connectivity index (χ0n) is 9.51. The summed E-state index contributed by atoms with van der Waals surface area (Å²) >= 11 is 0. The van der Waals surface area contributed by atoms with Gasteiger partial charge in [0.2, 0.25) is 0 Å². The molecule has 17 heavy (non-hydrogen) atoms. The van der Waals surface area contributed by atoms with Crippen LogP contribution in [0.2, 0.25) is 0 Å². The zero-order valence-corrected chi connectivity index (χ0v) is 9.51. The normalized spacial score (nSPS) is 12.8. The molecule has 1 unspecified atom stereocenters. The van der Waals surface area contributed by atoms with Crippen LogP contribution in [0.4, 0.5) is 0 Å². The number of nitrogens with one attached hydrogen (secondary N) is 1.